The summed E-state index contributed by atoms with van der Waals surface area (Å²) in [6.45, 7) is 1.13. The van der Waals surface area contributed by atoms with E-state index in [0.717, 1.165) is 5.56 Å². The minimum atomic E-state index is -0.858. The molecule has 1 aliphatic rings. The van der Waals surface area contributed by atoms with Gasteiger partial charge in [-0.15, -0.1) is 0 Å². The Balaban J connectivity index is 1.52. The van der Waals surface area contributed by atoms with E-state index in [-0.39, 0.29) is 45.3 Å². The molecular weight excluding hydrogens is 398 g/mol. The summed E-state index contributed by atoms with van der Waals surface area (Å²) in [5.74, 6) is -2.47. The SMILES string of the molecule is Cc1ccc(C(=O)OCC(=O)Nc2cccc3c2C(=O)c2ccccc2C3=O)c(O)c1. The molecule has 0 saturated carbocycles. The molecule has 0 atom stereocenters. The molecule has 0 aromatic heterocycles. The molecule has 0 heterocycles. The highest BCUT2D eigenvalue weighted by molar-refractivity contribution is 6.30. The number of hydrogen-bond donors (Lipinski definition) is 2. The van der Waals surface area contributed by atoms with Gasteiger partial charge in [-0.3, -0.25) is 14.4 Å². The van der Waals surface area contributed by atoms with Gasteiger partial charge < -0.3 is 15.2 Å². The van der Waals surface area contributed by atoms with Crippen LogP contribution in [0.1, 0.15) is 47.8 Å². The van der Waals surface area contributed by atoms with Gasteiger partial charge in [-0.25, -0.2) is 4.79 Å². The third-order valence-corrected chi connectivity index (χ3v) is 4.93. The molecule has 3 aromatic rings. The van der Waals surface area contributed by atoms with Crippen LogP contribution in [-0.4, -0.2) is 35.2 Å². The van der Waals surface area contributed by atoms with E-state index in [1.165, 1.54) is 24.3 Å². The lowest BCUT2D eigenvalue weighted by atomic mass is 9.83. The Hall–Kier alpha value is -4.26. The van der Waals surface area contributed by atoms with Crippen molar-refractivity contribution in [2.45, 2.75) is 6.92 Å². The summed E-state index contributed by atoms with van der Waals surface area (Å²) in [7, 11) is 0. The number of amides is 1. The fraction of sp³-hybridized carbons (Fsp3) is 0.0833. The quantitative estimate of drug-likeness (QED) is 0.495. The van der Waals surface area contributed by atoms with E-state index in [1.807, 2.05) is 0 Å². The van der Waals surface area contributed by atoms with Crippen LogP contribution in [0.15, 0.2) is 60.7 Å². The van der Waals surface area contributed by atoms with Crippen molar-refractivity contribution in [3.63, 3.8) is 0 Å². The maximum Gasteiger partial charge on any atom is 0.342 e. The Morgan fingerprint density at radius 3 is 2.29 bits per heavy atom. The highest BCUT2D eigenvalue weighted by Gasteiger charge is 2.31. The van der Waals surface area contributed by atoms with Gasteiger partial charge in [0.1, 0.15) is 11.3 Å². The number of carbonyl (C=O) groups excluding carboxylic acids is 4. The number of benzene rings is 3. The highest BCUT2D eigenvalue weighted by Crippen LogP contribution is 2.31. The fourth-order valence-electron chi connectivity index (χ4n) is 3.46. The number of aromatic hydroxyl groups is 1. The van der Waals surface area contributed by atoms with Gasteiger partial charge in [0, 0.05) is 16.7 Å². The Labute approximate surface area is 177 Å². The summed E-state index contributed by atoms with van der Waals surface area (Å²) in [6.07, 6.45) is 0. The summed E-state index contributed by atoms with van der Waals surface area (Å²) >= 11 is 0. The van der Waals surface area contributed by atoms with E-state index < -0.39 is 18.5 Å². The van der Waals surface area contributed by atoms with E-state index in [4.69, 9.17) is 4.74 Å². The second-order valence-electron chi connectivity index (χ2n) is 7.08. The molecule has 154 valence electrons. The average Bonchev–Trinajstić information content (AvgIpc) is 2.76. The first-order valence-electron chi connectivity index (χ1n) is 9.45. The zero-order valence-corrected chi connectivity index (χ0v) is 16.5. The second-order valence-corrected chi connectivity index (χ2v) is 7.08. The summed E-state index contributed by atoms with van der Waals surface area (Å²) in [6, 6.07) is 15.5. The van der Waals surface area contributed by atoms with Gasteiger partial charge in [-0.1, -0.05) is 42.5 Å². The van der Waals surface area contributed by atoms with Crippen molar-refractivity contribution in [3.8, 4) is 5.75 Å². The van der Waals surface area contributed by atoms with Gasteiger partial charge in [0.15, 0.2) is 18.2 Å². The van der Waals surface area contributed by atoms with Crippen LogP contribution in [0, 0.1) is 6.92 Å². The van der Waals surface area contributed by atoms with Crippen molar-refractivity contribution in [3.05, 3.63) is 94.0 Å². The molecule has 0 bridgehead atoms. The molecule has 3 aromatic carbocycles. The molecule has 0 unspecified atom stereocenters. The van der Waals surface area contributed by atoms with Crippen molar-refractivity contribution in [1.82, 2.24) is 0 Å². The topological polar surface area (TPSA) is 110 Å². The number of ether oxygens (including phenoxy) is 1. The zero-order chi connectivity index (χ0) is 22.1. The van der Waals surface area contributed by atoms with Crippen LogP contribution in [0.5, 0.6) is 5.75 Å². The molecule has 1 amide bonds. The second kappa shape index (κ2) is 7.87. The molecule has 0 radical (unpaired) electrons. The number of rotatable bonds is 4. The Kier molecular flexibility index (Phi) is 5.09. The molecule has 0 aliphatic heterocycles. The highest BCUT2D eigenvalue weighted by atomic mass is 16.5. The van der Waals surface area contributed by atoms with Crippen LogP contribution in [0.2, 0.25) is 0 Å². The minimum absolute atomic E-state index is 0.0622. The Morgan fingerprint density at radius 1 is 0.903 bits per heavy atom. The molecule has 0 fully saturated rings. The van der Waals surface area contributed by atoms with E-state index >= 15 is 0 Å². The van der Waals surface area contributed by atoms with Gasteiger partial charge >= 0.3 is 5.97 Å². The number of anilines is 1. The Bertz CT molecular complexity index is 1260. The van der Waals surface area contributed by atoms with Crippen LogP contribution in [0.25, 0.3) is 0 Å². The lowest BCUT2D eigenvalue weighted by Gasteiger charge is -2.20. The number of hydrogen-bond acceptors (Lipinski definition) is 6. The van der Waals surface area contributed by atoms with Gasteiger partial charge in [0.2, 0.25) is 0 Å². The van der Waals surface area contributed by atoms with Gasteiger partial charge in [-0.2, -0.15) is 0 Å². The van der Waals surface area contributed by atoms with Crippen LogP contribution < -0.4 is 5.32 Å². The van der Waals surface area contributed by atoms with Gasteiger partial charge in [-0.05, 0) is 30.7 Å². The molecule has 2 N–H and O–H groups in total. The van der Waals surface area contributed by atoms with E-state index in [9.17, 15) is 24.3 Å². The number of ketones is 2. The maximum atomic E-state index is 13.0. The molecule has 7 heteroatoms. The molecule has 0 spiro atoms. The number of fused-ring (bicyclic) bond motifs is 2. The molecule has 31 heavy (non-hydrogen) atoms. The van der Waals surface area contributed by atoms with E-state index in [2.05, 4.69) is 5.32 Å². The fourth-order valence-corrected chi connectivity index (χ4v) is 3.46. The van der Waals surface area contributed by atoms with Crippen molar-refractivity contribution >= 4 is 29.1 Å². The molecule has 1 aliphatic carbocycles. The van der Waals surface area contributed by atoms with Crippen molar-refractivity contribution in [2.24, 2.45) is 0 Å². The monoisotopic (exact) mass is 415 g/mol. The van der Waals surface area contributed by atoms with Crippen molar-refractivity contribution in [1.29, 1.82) is 0 Å². The first-order valence-corrected chi connectivity index (χ1v) is 9.45. The normalized spacial score (nSPS) is 12.0. The number of phenols is 1. The lowest BCUT2D eigenvalue weighted by Crippen LogP contribution is -2.26. The largest absolute Gasteiger partial charge is 0.507 e. The van der Waals surface area contributed by atoms with Crippen molar-refractivity contribution < 1.29 is 29.0 Å². The molecule has 0 saturated heterocycles. The minimum Gasteiger partial charge on any atom is -0.507 e. The van der Waals surface area contributed by atoms with Crippen LogP contribution in [0.4, 0.5) is 5.69 Å². The number of carbonyl (C=O) groups is 4. The van der Waals surface area contributed by atoms with Crippen LogP contribution >= 0.6 is 0 Å². The first-order chi connectivity index (χ1) is 14.9. The number of esters is 1. The number of aryl methyl sites for hydroxylation is 1. The van der Waals surface area contributed by atoms with Gasteiger partial charge in [0.05, 0.1) is 11.3 Å². The summed E-state index contributed by atoms with van der Waals surface area (Å²) in [5, 5.41) is 12.4. The third-order valence-electron chi connectivity index (χ3n) is 4.93. The summed E-state index contributed by atoms with van der Waals surface area (Å²) in [4.78, 5) is 50.2. The maximum absolute atomic E-state index is 13.0. The van der Waals surface area contributed by atoms with Crippen LogP contribution in [0.3, 0.4) is 0 Å². The first kappa shape index (κ1) is 20.0. The van der Waals surface area contributed by atoms with E-state index in [1.54, 1.807) is 43.3 Å². The number of nitrogens with one attached hydrogen (secondary N) is 1. The van der Waals surface area contributed by atoms with Gasteiger partial charge in [0.25, 0.3) is 5.91 Å². The number of phenolic OH excluding ortho intramolecular Hbond substituents is 1. The molecule has 7 nitrogen and oxygen atoms in total. The smallest absolute Gasteiger partial charge is 0.342 e. The zero-order valence-electron chi connectivity index (χ0n) is 16.5. The predicted molar refractivity (Wildman–Crippen MR) is 112 cm³/mol. The van der Waals surface area contributed by atoms with Crippen LogP contribution in [-0.2, 0) is 9.53 Å². The lowest BCUT2D eigenvalue weighted by molar-refractivity contribution is -0.119. The predicted octanol–water partition coefficient (Wildman–Crippen LogP) is 3.27. The molecular formula is C24H17NO6. The molecule has 4 rings (SSSR count). The standard InChI is InChI=1S/C24H17NO6/c1-13-9-10-16(19(26)11-13)24(30)31-12-20(27)25-18-8-4-7-17-21(18)23(29)15-6-3-2-5-14(15)22(17)28/h2-11,26H,12H2,1H3,(H,25,27). The third kappa shape index (κ3) is 3.69. The Morgan fingerprint density at radius 2 is 1.58 bits per heavy atom. The van der Waals surface area contributed by atoms with Crippen molar-refractivity contribution in [2.75, 3.05) is 11.9 Å². The summed E-state index contributed by atoms with van der Waals surface area (Å²) in [5.41, 5.74) is 1.74. The summed E-state index contributed by atoms with van der Waals surface area (Å²) < 4.78 is 4.97. The average molecular weight is 415 g/mol. The van der Waals surface area contributed by atoms with E-state index in [0.29, 0.717) is 5.56 Å².